The van der Waals surface area contributed by atoms with Crippen LogP contribution in [0.15, 0.2) is 0 Å². The monoisotopic (exact) mass is 142 g/mol. The number of quaternary nitrogens is 1. The van der Waals surface area contributed by atoms with Gasteiger partial charge in [0.1, 0.15) is 0 Å². The highest BCUT2D eigenvalue weighted by Crippen LogP contribution is 2.15. The van der Waals surface area contributed by atoms with Crippen LogP contribution in [0.1, 0.15) is 26.2 Å². The van der Waals surface area contributed by atoms with E-state index in [0.29, 0.717) is 4.48 Å². The molecule has 1 amide bonds. The molecule has 1 heterocycles. The third kappa shape index (κ3) is 1.37. The van der Waals surface area contributed by atoms with Crippen molar-refractivity contribution in [3.63, 3.8) is 0 Å². The first-order valence-electron chi connectivity index (χ1n) is 4.15. The third-order valence-corrected chi connectivity index (χ3v) is 2.56. The van der Waals surface area contributed by atoms with Crippen molar-refractivity contribution in [2.75, 3.05) is 19.6 Å². The molecule has 0 aromatic rings. The minimum Gasteiger partial charge on any atom is -0.263 e. The average Bonchev–Trinajstić information content (AvgIpc) is 2.06. The highest BCUT2D eigenvalue weighted by molar-refractivity contribution is 5.37. The van der Waals surface area contributed by atoms with Crippen molar-refractivity contribution in [3.05, 3.63) is 0 Å². The summed E-state index contributed by atoms with van der Waals surface area (Å²) in [5.74, 6) is 0. The van der Waals surface area contributed by atoms with E-state index in [4.69, 9.17) is 0 Å². The highest BCUT2D eigenvalue weighted by Gasteiger charge is 2.26. The second kappa shape index (κ2) is 3.15. The molecule has 1 fully saturated rings. The molecular formula is C8H16NO+. The van der Waals surface area contributed by atoms with Crippen LogP contribution in [0.2, 0.25) is 0 Å². The van der Waals surface area contributed by atoms with Crippen molar-refractivity contribution in [2.24, 2.45) is 0 Å². The van der Waals surface area contributed by atoms with Gasteiger partial charge in [0.05, 0.1) is 19.6 Å². The zero-order valence-electron chi connectivity index (χ0n) is 6.68. The average molecular weight is 142 g/mol. The van der Waals surface area contributed by atoms with Crippen molar-refractivity contribution in [1.82, 2.24) is 0 Å². The van der Waals surface area contributed by atoms with Crippen LogP contribution in [-0.4, -0.2) is 30.5 Å². The molecule has 1 saturated heterocycles. The fourth-order valence-electron chi connectivity index (χ4n) is 1.64. The number of hydrogen-bond acceptors (Lipinski definition) is 1. The first-order chi connectivity index (χ1) is 4.83. The molecule has 0 unspecified atom stereocenters. The molecule has 2 nitrogen and oxygen atoms in total. The van der Waals surface area contributed by atoms with Crippen molar-refractivity contribution >= 4 is 6.41 Å². The van der Waals surface area contributed by atoms with E-state index in [0.717, 1.165) is 26.0 Å². The molecule has 10 heavy (non-hydrogen) atoms. The number of carbonyl (C=O) groups excluding carboxylic acids is 1. The van der Waals surface area contributed by atoms with Crippen LogP contribution < -0.4 is 0 Å². The van der Waals surface area contributed by atoms with Gasteiger partial charge in [-0.25, -0.2) is 4.79 Å². The Morgan fingerprint density at radius 3 is 2.20 bits per heavy atom. The van der Waals surface area contributed by atoms with E-state index in [1.807, 2.05) is 0 Å². The van der Waals surface area contributed by atoms with Gasteiger partial charge in [-0.15, -0.1) is 0 Å². The molecule has 0 N–H and O–H groups in total. The highest BCUT2D eigenvalue weighted by atomic mass is 16.1. The van der Waals surface area contributed by atoms with Gasteiger partial charge in [0, 0.05) is 0 Å². The summed E-state index contributed by atoms with van der Waals surface area (Å²) in [6, 6.07) is 0. The normalized spacial score (nSPS) is 24.1. The molecule has 0 bridgehead atoms. The Kier molecular flexibility index (Phi) is 2.44. The van der Waals surface area contributed by atoms with Gasteiger partial charge in [0.2, 0.25) is 0 Å². The maximum absolute atomic E-state index is 10.7. The molecule has 0 aromatic carbocycles. The lowest BCUT2D eigenvalue weighted by molar-refractivity contribution is -0.849. The third-order valence-electron chi connectivity index (χ3n) is 2.56. The van der Waals surface area contributed by atoms with E-state index in [1.165, 1.54) is 19.3 Å². The largest absolute Gasteiger partial charge is 0.301 e. The van der Waals surface area contributed by atoms with Gasteiger partial charge in [-0.05, 0) is 26.2 Å². The summed E-state index contributed by atoms with van der Waals surface area (Å²) < 4.78 is 0.708. The van der Waals surface area contributed by atoms with Crippen LogP contribution in [0, 0.1) is 0 Å². The summed E-state index contributed by atoms with van der Waals surface area (Å²) in [7, 11) is 0. The first-order valence-corrected chi connectivity index (χ1v) is 4.15. The number of amides is 1. The van der Waals surface area contributed by atoms with Crippen LogP contribution in [0.4, 0.5) is 0 Å². The van der Waals surface area contributed by atoms with Crippen LogP contribution in [0.5, 0.6) is 0 Å². The minimum absolute atomic E-state index is 0.708. The lowest BCUT2D eigenvalue weighted by Crippen LogP contribution is -2.49. The number of hydrogen-bond donors (Lipinski definition) is 0. The number of nitrogens with zero attached hydrogens (tertiary/aromatic N) is 1. The van der Waals surface area contributed by atoms with Crippen LogP contribution in [-0.2, 0) is 4.79 Å². The summed E-state index contributed by atoms with van der Waals surface area (Å²) in [6.07, 6.45) is 4.89. The molecule has 1 rings (SSSR count). The van der Waals surface area contributed by atoms with E-state index in [1.54, 1.807) is 0 Å². The number of likely N-dealkylation sites (tertiary alicyclic amines) is 1. The maximum atomic E-state index is 10.7. The van der Waals surface area contributed by atoms with Gasteiger partial charge < -0.3 is 0 Å². The number of carbonyl (C=O) groups is 1. The Morgan fingerprint density at radius 2 is 1.90 bits per heavy atom. The van der Waals surface area contributed by atoms with Crippen molar-refractivity contribution in [1.29, 1.82) is 0 Å². The van der Waals surface area contributed by atoms with Crippen molar-refractivity contribution in [2.45, 2.75) is 26.2 Å². The summed E-state index contributed by atoms with van der Waals surface area (Å²) in [4.78, 5) is 10.7. The molecule has 1 aliphatic rings. The molecule has 0 atom stereocenters. The smallest absolute Gasteiger partial charge is 0.263 e. The van der Waals surface area contributed by atoms with Crippen LogP contribution in [0.25, 0.3) is 0 Å². The Hall–Kier alpha value is -0.370. The Bertz CT molecular complexity index is 116. The Labute approximate surface area is 62.4 Å². The zero-order valence-corrected chi connectivity index (χ0v) is 6.68. The van der Waals surface area contributed by atoms with E-state index >= 15 is 0 Å². The first kappa shape index (κ1) is 7.73. The van der Waals surface area contributed by atoms with Crippen LogP contribution in [0.3, 0.4) is 0 Å². The van der Waals surface area contributed by atoms with Gasteiger partial charge >= 0.3 is 6.41 Å². The summed E-state index contributed by atoms with van der Waals surface area (Å²) in [5.41, 5.74) is 0. The second-order valence-electron chi connectivity index (χ2n) is 3.15. The lowest BCUT2D eigenvalue weighted by Gasteiger charge is -2.33. The molecule has 0 saturated carbocycles. The van der Waals surface area contributed by atoms with Crippen LogP contribution >= 0.6 is 0 Å². The van der Waals surface area contributed by atoms with Gasteiger partial charge in [0.25, 0.3) is 0 Å². The molecule has 0 radical (unpaired) electrons. The Morgan fingerprint density at radius 1 is 1.30 bits per heavy atom. The van der Waals surface area contributed by atoms with Gasteiger partial charge in [-0.2, -0.15) is 0 Å². The number of piperidine rings is 1. The van der Waals surface area contributed by atoms with Gasteiger partial charge in [-0.1, -0.05) is 0 Å². The van der Waals surface area contributed by atoms with E-state index in [9.17, 15) is 4.79 Å². The second-order valence-corrected chi connectivity index (χ2v) is 3.15. The predicted octanol–water partition coefficient (Wildman–Crippen LogP) is 1.16. The summed E-state index contributed by atoms with van der Waals surface area (Å²) >= 11 is 0. The summed E-state index contributed by atoms with van der Waals surface area (Å²) in [6.45, 7) is 5.21. The fourth-order valence-corrected chi connectivity index (χ4v) is 1.64. The van der Waals surface area contributed by atoms with Gasteiger partial charge in [0.15, 0.2) is 0 Å². The molecule has 58 valence electrons. The quantitative estimate of drug-likeness (QED) is 0.418. The molecule has 2 heteroatoms. The molecule has 1 aliphatic heterocycles. The Balaban J connectivity index is 2.52. The van der Waals surface area contributed by atoms with E-state index < -0.39 is 0 Å². The molecule has 0 aliphatic carbocycles. The topological polar surface area (TPSA) is 17.1 Å². The fraction of sp³-hybridized carbons (Fsp3) is 0.875. The molecule has 0 spiro atoms. The van der Waals surface area contributed by atoms with Gasteiger partial charge in [-0.3, -0.25) is 4.48 Å². The van der Waals surface area contributed by atoms with E-state index in [2.05, 4.69) is 6.92 Å². The minimum atomic E-state index is 0.708. The summed E-state index contributed by atoms with van der Waals surface area (Å²) in [5, 5.41) is 0. The molecule has 0 aromatic heterocycles. The zero-order chi connectivity index (χ0) is 7.45. The van der Waals surface area contributed by atoms with E-state index in [-0.39, 0.29) is 0 Å². The maximum Gasteiger partial charge on any atom is 0.301 e. The SMILES string of the molecule is CC[N+]1(C=O)CCCCC1. The number of rotatable bonds is 2. The van der Waals surface area contributed by atoms with Crippen molar-refractivity contribution < 1.29 is 9.28 Å². The predicted molar refractivity (Wildman–Crippen MR) is 40.5 cm³/mol. The standard InChI is InChI=1S/C8H16NO/c1-2-9(8-10)6-4-3-5-7-9/h8H,2-7H2,1H3/q+1. The molecular weight excluding hydrogens is 126 g/mol. The lowest BCUT2D eigenvalue weighted by atomic mass is 10.1. The van der Waals surface area contributed by atoms with Crippen molar-refractivity contribution in [3.8, 4) is 0 Å².